The Hall–Kier alpha value is -1.16. The second-order valence-corrected chi connectivity index (χ2v) is 4.16. The first-order valence-electron chi connectivity index (χ1n) is 5.28. The molecule has 0 atom stereocenters. The maximum Gasteiger partial charge on any atom is 0.222 e. The van der Waals surface area contributed by atoms with Crippen LogP contribution in [0, 0.1) is 11.6 Å². The van der Waals surface area contributed by atoms with Gasteiger partial charge in [-0.05, 0) is 12.5 Å². The molecule has 17 heavy (non-hydrogen) atoms. The van der Waals surface area contributed by atoms with Crippen LogP contribution in [0.25, 0.3) is 0 Å². The topological polar surface area (TPSA) is 20.3 Å². The van der Waals surface area contributed by atoms with E-state index in [-0.39, 0.29) is 12.5 Å². The Morgan fingerprint density at radius 1 is 1.41 bits per heavy atom. The number of alkyl halides is 1. The predicted molar refractivity (Wildman–Crippen MR) is 62.8 cm³/mol. The predicted octanol–water partition coefficient (Wildman–Crippen LogP) is 2.94. The maximum absolute atomic E-state index is 13.3. The summed E-state index contributed by atoms with van der Waals surface area (Å²) in [5, 5.41) is 0. The van der Waals surface area contributed by atoms with Crippen LogP contribution in [0.3, 0.4) is 0 Å². The van der Waals surface area contributed by atoms with Crippen LogP contribution < -0.4 is 0 Å². The van der Waals surface area contributed by atoms with Crippen LogP contribution in [0.4, 0.5) is 8.78 Å². The number of benzene rings is 1. The van der Waals surface area contributed by atoms with Crippen LogP contribution in [0.2, 0.25) is 0 Å². The molecule has 1 aromatic carbocycles. The van der Waals surface area contributed by atoms with Gasteiger partial charge in [0.1, 0.15) is 11.6 Å². The number of carbonyl (C=O) groups is 1. The normalized spacial score (nSPS) is 10.4. The number of halogens is 3. The van der Waals surface area contributed by atoms with E-state index in [0.29, 0.717) is 24.3 Å². The molecule has 0 fully saturated rings. The molecule has 1 rings (SSSR count). The highest BCUT2D eigenvalue weighted by atomic mass is 35.5. The molecule has 0 saturated carbocycles. The molecule has 0 aliphatic carbocycles. The summed E-state index contributed by atoms with van der Waals surface area (Å²) in [6, 6.07) is 3.33. The molecule has 94 valence electrons. The molecule has 0 N–H and O–H groups in total. The molecule has 2 nitrogen and oxygen atoms in total. The van der Waals surface area contributed by atoms with Crippen molar-refractivity contribution in [2.45, 2.75) is 19.4 Å². The van der Waals surface area contributed by atoms with Crippen LogP contribution in [0.1, 0.15) is 18.4 Å². The summed E-state index contributed by atoms with van der Waals surface area (Å²) in [5.74, 6) is -0.941. The van der Waals surface area contributed by atoms with Gasteiger partial charge in [-0.2, -0.15) is 0 Å². The summed E-state index contributed by atoms with van der Waals surface area (Å²) in [7, 11) is 1.58. The Morgan fingerprint density at radius 2 is 2.12 bits per heavy atom. The minimum absolute atomic E-state index is 0.102. The van der Waals surface area contributed by atoms with Gasteiger partial charge in [0.25, 0.3) is 0 Å². The summed E-state index contributed by atoms with van der Waals surface area (Å²) in [6.07, 6.45) is 0.930. The van der Waals surface area contributed by atoms with E-state index in [4.69, 9.17) is 11.6 Å². The molecule has 0 unspecified atom stereocenters. The lowest BCUT2D eigenvalue weighted by Gasteiger charge is -2.17. The summed E-state index contributed by atoms with van der Waals surface area (Å²) < 4.78 is 26.0. The van der Waals surface area contributed by atoms with E-state index >= 15 is 0 Å². The zero-order chi connectivity index (χ0) is 12.8. The smallest absolute Gasteiger partial charge is 0.222 e. The lowest BCUT2D eigenvalue weighted by molar-refractivity contribution is -0.130. The van der Waals surface area contributed by atoms with Crippen molar-refractivity contribution in [1.82, 2.24) is 4.90 Å². The fraction of sp³-hybridized carbons (Fsp3) is 0.417. The van der Waals surface area contributed by atoms with E-state index in [2.05, 4.69) is 0 Å². The van der Waals surface area contributed by atoms with Gasteiger partial charge in [-0.15, -0.1) is 11.6 Å². The minimum Gasteiger partial charge on any atom is -0.341 e. The lowest BCUT2D eigenvalue weighted by atomic mass is 10.2. The van der Waals surface area contributed by atoms with Gasteiger partial charge in [0.2, 0.25) is 5.91 Å². The average molecular weight is 262 g/mol. The summed E-state index contributed by atoms with van der Waals surface area (Å²) in [5.41, 5.74) is 0.299. The highest BCUT2D eigenvalue weighted by molar-refractivity contribution is 6.17. The summed E-state index contributed by atoms with van der Waals surface area (Å²) in [4.78, 5) is 13.0. The first-order chi connectivity index (χ1) is 8.04. The maximum atomic E-state index is 13.3. The van der Waals surface area contributed by atoms with Crippen LogP contribution in [-0.4, -0.2) is 23.7 Å². The van der Waals surface area contributed by atoms with E-state index in [1.54, 1.807) is 7.05 Å². The van der Waals surface area contributed by atoms with Crippen molar-refractivity contribution in [3.05, 3.63) is 35.4 Å². The first-order valence-corrected chi connectivity index (χ1v) is 5.82. The summed E-state index contributed by atoms with van der Waals surface area (Å²) >= 11 is 5.48. The van der Waals surface area contributed by atoms with Gasteiger partial charge in [-0.1, -0.05) is 6.07 Å². The number of amides is 1. The molecule has 1 aromatic rings. The fourth-order valence-electron chi connectivity index (χ4n) is 1.40. The Morgan fingerprint density at radius 3 is 2.71 bits per heavy atom. The van der Waals surface area contributed by atoms with Crippen LogP contribution in [0.5, 0.6) is 0 Å². The first kappa shape index (κ1) is 13.9. The SMILES string of the molecule is CN(Cc1ccc(F)cc1F)C(=O)CCCCl. The van der Waals surface area contributed by atoms with Crippen LogP contribution in [0.15, 0.2) is 18.2 Å². The monoisotopic (exact) mass is 261 g/mol. The molecule has 0 radical (unpaired) electrons. The molecular weight excluding hydrogens is 248 g/mol. The molecule has 0 aromatic heterocycles. The quantitative estimate of drug-likeness (QED) is 0.747. The molecule has 0 spiro atoms. The number of hydrogen-bond donors (Lipinski definition) is 0. The van der Waals surface area contributed by atoms with Crippen LogP contribution in [-0.2, 0) is 11.3 Å². The van der Waals surface area contributed by atoms with Gasteiger partial charge >= 0.3 is 0 Å². The Balaban J connectivity index is 2.61. The van der Waals surface area contributed by atoms with Crippen molar-refractivity contribution in [3.63, 3.8) is 0 Å². The Kier molecular flexibility index (Phi) is 5.35. The molecule has 0 bridgehead atoms. The second kappa shape index (κ2) is 6.55. The van der Waals surface area contributed by atoms with Gasteiger partial charge < -0.3 is 4.90 Å². The molecular formula is C12H14ClF2NO. The van der Waals surface area contributed by atoms with Crippen molar-refractivity contribution in [2.24, 2.45) is 0 Å². The molecule has 0 saturated heterocycles. The fourth-order valence-corrected chi connectivity index (χ4v) is 1.54. The van der Waals surface area contributed by atoms with Gasteiger partial charge in [0, 0.05) is 37.5 Å². The standard InChI is InChI=1S/C12H14ClF2NO/c1-16(12(17)3-2-6-13)8-9-4-5-10(14)7-11(9)15/h4-5,7H,2-3,6,8H2,1H3. The zero-order valence-corrected chi connectivity index (χ0v) is 10.3. The van der Waals surface area contributed by atoms with E-state index in [1.165, 1.54) is 17.0 Å². The van der Waals surface area contributed by atoms with Gasteiger partial charge in [-0.3, -0.25) is 4.79 Å². The van der Waals surface area contributed by atoms with Crippen molar-refractivity contribution in [1.29, 1.82) is 0 Å². The molecule has 0 aliphatic heterocycles. The molecule has 0 heterocycles. The number of carbonyl (C=O) groups excluding carboxylic acids is 1. The van der Waals surface area contributed by atoms with Crippen molar-refractivity contribution >= 4 is 17.5 Å². The molecule has 5 heteroatoms. The Labute approximate surface area is 104 Å². The third kappa shape index (κ3) is 4.30. The largest absolute Gasteiger partial charge is 0.341 e. The van der Waals surface area contributed by atoms with E-state index < -0.39 is 11.6 Å². The van der Waals surface area contributed by atoms with Gasteiger partial charge in [0.05, 0.1) is 0 Å². The third-order valence-electron chi connectivity index (χ3n) is 2.37. The summed E-state index contributed by atoms with van der Waals surface area (Å²) in [6.45, 7) is 0.132. The number of hydrogen-bond acceptors (Lipinski definition) is 1. The van der Waals surface area contributed by atoms with Gasteiger partial charge in [0.15, 0.2) is 0 Å². The highest BCUT2D eigenvalue weighted by Gasteiger charge is 2.11. The lowest BCUT2D eigenvalue weighted by Crippen LogP contribution is -2.26. The van der Waals surface area contributed by atoms with Crippen molar-refractivity contribution in [3.8, 4) is 0 Å². The Bertz CT molecular complexity index is 398. The van der Waals surface area contributed by atoms with Gasteiger partial charge in [-0.25, -0.2) is 8.78 Å². The van der Waals surface area contributed by atoms with E-state index in [0.717, 1.165) is 6.07 Å². The zero-order valence-electron chi connectivity index (χ0n) is 9.55. The third-order valence-corrected chi connectivity index (χ3v) is 2.64. The second-order valence-electron chi connectivity index (χ2n) is 3.78. The van der Waals surface area contributed by atoms with Crippen molar-refractivity contribution < 1.29 is 13.6 Å². The average Bonchev–Trinajstić information content (AvgIpc) is 2.29. The number of nitrogens with zero attached hydrogens (tertiary/aromatic N) is 1. The highest BCUT2D eigenvalue weighted by Crippen LogP contribution is 2.12. The molecule has 0 aliphatic rings. The number of rotatable bonds is 5. The minimum atomic E-state index is -0.637. The van der Waals surface area contributed by atoms with E-state index in [9.17, 15) is 13.6 Å². The van der Waals surface area contributed by atoms with E-state index in [1.807, 2.05) is 0 Å². The van der Waals surface area contributed by atoms with Crippen LogP contribution >= 0.6 is 11.6 Å². The van der Waals surface area contributed by atoms with Crippen molar-refractivity contribution in [2.75, 3.05) is 12.9 Å². The molecule has 1 amide bonds.